The minimum Gasteiger partial charge on any atom is -0.380 e. The number of anilines is 1. The number of nitrogens with zero attached hydrogens (tertiary/aromatic N) is 3. The van der Waals surface area contributed by atoms with Crippen molar-refractivity contribution in [2.45, 2.75) is 19.8 Å². The molecule has 2 aliphatic heterocycles. The highest BCUT2D eigenvalue weighted by Crippen LogP contribution is 2.44. The lowest BCUT2D eigenvalue weighted by molar-refractivity contribution is 0.0305. The Kier molecular flexibility index (Phi) is 3.20. The van der Waals surface area contributed by atoms with Gasteiger partial charge >= 0.3 is 0 Å². The van der Waals surface area contributed by atoms with E-state index in [0.717, 1.165) is 55.6 Å². The van der Waals surface area contributed by atoms with Crippen LogP contribution in [0.1, 0.15) is 17.8 Å². The zero-order valence-electron chi connectivity index (χ0n) is 11.9. The Balaban J connectivity index is 1.43. The van der Waals surface area contributed by atoms with Crippen molar-refractivity contribution in [3.63, 3.8) is 0 Å². The second-order valence-corrected chi connectivity index (χ2v) is 7.68. The molecular weight excluding hydrogens is 274 g/mol. The Bertz CT molecular complexity index is 491. The molecule has 1 saturated carbocycles. The molecule has 5 nitrogen and oxygen atoms in total. The van der Waals surface area contributed by atoms with E-state index in [1.807, 2.05) is 6.92 Å². The van der Waals surface area contributed by atoms with Gasteiger partial charge in [-0.15, -0.1) is 10.2 Å². The number of rotatable bonds is 5. The van der Waals surface area contributed by atoms with Crippen LogP contribution in [0, 0.1) is 24.2 Å². The van der Waals surface area contributed by atoms with Gasteiger partial charge in [-0.05, 0) is 25.7 Å². The van der Waals surface area contributed by atoms with Crippen LogP contribution in [0.5, 0.6) is 0 Å². The van der Waals surface area contributed by atoms with E-state index in [0.29, 0.717) is 5.92 Å². The van der Waals surface area contributed by atoms with Gasteiger partial charge < -0.3 is 14.4 Å². The lowest BCUT2D eigenvalue weighted by Crippen LogP contribution is -2.36. The molecule has 1 aliphatic carbocycles. The predicted octanol–water partition coefficient (Wildman–Crippen LogP) is 1.73. The summed E-state index contributed by atoms with van der Waals surface area (Å²) < 4.78 is 11.7. The van der Waals surface area contributed by atoms with E-state index in [1.165, 1.54) is 12.8 Å². The van der Waals surface area contributed by atoms with Crippen LogP contribution in [0.3, 0.4) is 0 Å². The topological polar surface area (TPSA) is 47.5 Å². The van der Waals surface area contributed by atoms with Crippen LogP contribution < -0.4 is 4.90 Å². The molecule has 0 amide bonds. The van der Waals surface area contributed by atoms with Gasteiger partial charge in [0.15, 0.2) is 0 Å². The van der Waals surface area contributed by atoms with Crippen LogP contribution in [0.2, 0.25) is 0 Å². The number of hydrogen-bond donors (Lipinski definition) is 0. The molecule has 3 fully saturated rings. The Morgan fingerprint density at radius 2 is 2.35 bits per heavy atom. The van der Waals surface area contributed by atoms with Gasteiger partial charge in [0.2, 0.25) is 5.13 Å². The van der Waals surface area contributed by atoms with Crippen molar-refractivity contribution in [1.29, 1.82) is 0 Å². The summed E-state index contributed by atoms with van der Waals surface area (Å²) >= 11 is 1.68. The summed E-state index contributed by atoms with van der Waals surface area (Å²) in [6, 6.07) is 0. The van der Waals surface area contributed by atoms with Gasteiger partial charge in [-0.1, -0.05) is 11.3 Å². The smallest absolute Gasteiger partial charge is 0.208 e. The molecule has 1 aromatic rings. The van der Waals surface area contributed by atoms with Gasteiger partial charge in [0.05, 0.1) is 19.8 Å². The Morgan fingerprint density at radius 1 is 1.45 bits per heavy atom. The van der Waals surface area contributed by atoms with Gasteiger partial charge in [-0.3, -0.25) is 0 Å². The summed E-state index contributed by atoms with van der Waals surface area (Å²) in [5.41, 5.74) is 0.175. The van der Waals surface area contributed by atoms with Crippen LogP contribution in [0.4, 0.5) is 5.13 Å². The molecule has 0 spiro atoms. The zero-order chi connectivity index (χ0) is 13.6. The van der Waals surface area contributed by atoms with Crippen LogP contribution in [-0.2, 0) is 9.47 Å². The number of aromatic nitrogens is 2. The molecule has 2 atom stereocenters. The van der Waals surface area contributed by atoms with E-state index in [1.54, 1.807) is 11.3 Å². The van der Waals surface area contributed by atoms with Crippen molar-refractivity contribution in [3.05, 3.63) is 5.01 Å². The number of ether oxygens (including phenoxy) is 2. The van der Waals surface area contributed by atoms with Gasteiger partial charge in [0.1, 0.15) is 5.01 Å². The average molecular weight is 295 g/mol. The number of aryl methyl sites for hydroxylation is 1. The highest BCUT2D eigenvalue weighted by molar-refractivity contribution is 7.15. The fraction of sp³-hybridized carbons (Fsp3) is 0.857. The molecule has 3 heterocycles. The molecule has 0 aromatic carbocycles. The maximum atomic E-state index is 6.00. The lowest BCUT2D eigenvalue weighted by atomic mass is 9.82. The normalized spacial score (nSPS) is 32.9. The molecule has 110 valence electrons. The second kappa shape index (κ2) is 4.93. The predicted molar refractivity (Wildman–Crippen MR) is 77.1 cm³/mol. The van der Waals surface area contributed by atoms with Crippen molar-refractivity contribution in [2.24, 2.45) is 17.3 Å². The van der Waals surface area contributed by atoms with E-state index in [4.69, 9.17) is 9.47 Å². The molecule has 1 aromatic heterocycles. The fourth-order valence-corrected chi connectivity index (χ4v) is 4.00. The third kappa shape index (κ3) is 2.34. The highest BCUT2D eigenvalue weighted by Gasteiger charge is 2.51. The second-order valence-electron chi connectivity index (χ2n) is 6.52. The van der Waals surface area contributed by atoms with Gasteiger partial charge in [0, 0.05) is 31.0 Å². The molecule has 2 saturated heterocycles. The molecule has 3 aliphatic rings. The summed E-state index contributed by atoms with van der Waals surface area (Å²) in [4.78, 5) is 2.37. The van der Waals surface area contributed by atoms with E-state index in [2.05, 4.69) is 15.1 Å². The van der Waals surface area contributed by atoms with Crippen LogP contribution in [-0.4, -0.2) is 49.7 Å². The highest BCUT2D eigenvalue weighted by atomic mass is 32.1. The first-order chi connectivity index (χ1) is 9.75. The molecule has 0 bridgehead atoms. The summed E-state index contributed by atoms with van der Waals surface area (Å²) in [5, 5.41) is 10.5. The lowest BCUT2D eigenvalue weighted by Gasteiger charge is -2.26. The summed E-state index contributed by atoms with van der Waals surface area (Å²) in [7, 11) is 0. The number of hydrogen-bond acceptors (Lipinski definition) is 6. The molecular formula is C14H21N3O2S. The quantitative estimate of drug-likeness (QED) is 0.828. The van der Waals surface area contributed by atoms with Crippen LogP contribution in [0.15, 0.2) is 0 Å². The first-order valence-electron chi connectivity index (χ1n) is 7.46. The first-order valence-corrected chi connectivity index (χ1v) is 8.27. The van der Waals surface area contributed by atoms with E-state index >= 15 is 0 Å². The third-order valence-electron chi connectivity index (χ3n) is 4.75. The van der Waals surface area contributed by atoms with E-state index < -0.39 is 0 Å². The van der Waals surface area contributed by atoms with E-state index in [9.17, 15) is 0 Å². The monoisotopic (exact) mass is 295 g/mol. The average Bonchev–Trinajstić information content (AvgIpc) is 2.84. The summed E-state index contributed by atoms with van der Waals surface area (Å²) in [6.07, 6.45) is 2.70. The minimum absolute atomic E-state index is 0.175. The van der Waals surface area contributed by atoms with Crippen molar-refractivity contribution >= 4 is 16.5 Å². The molecule has 4 rings (SSSR count). The summed E-state index contributed by atoms with van der Waals surface area (Å²) in [5.74, 6) is 1.40. The van der Waals surface area contributed by atoms with Gasteiger partial charge in [-0.2, -0.15) is 0 Å². The van der Waals surface area contributed by atoms with Crippen LogP contribution >= 0.6 is 11.3 Å². The van der Waals surface area contributed by atoms with Crippen LogP contribution in [0.25, 0.3) is 0 Å². The van der Waals surface area contributed by atoms with Crippen molar-refractivity contribution in [1.82, 2.24) is 10.2 Å². The molecule has 20 heavy (non-hydrogen) atoms. The first kappa shape index (κ1) is 13.0. The number of fused-ring (bicyclic) bond motifs is 1. The maximum absolute atomic E-state index is 6.00. The Labute approximate surface area is 123 Å². The Morgan fingerprint density at radius 3 is 3.10 bits per heavy atom. The zero-order valence-corrected chi connectivity index (χ0v) is 12.7. The fourth-order valence-electron chi connectivity index (χ4n) is 3.31. The van der Waals surface area contributed by atoms with Gasteiger partial charge in [-0.25, -0.2) is 0 Å². The van der Waals surface area contributed by atoms with Crippen molar-refractivity contribution in [3.8, 4) is 0 Å². The molecule has 0 N–H and O–H groups in total. The SMILES string of the molecule is Cc1nnc(N2C[C@@H]3COC[C@]3(COCC3CC3)C2)s1. The molecule has 6 heteroatoms. The largest absolute Gasteiger partial charge is 0.380 e. The third-order valence-corrected chi connectivity index (χ3v) is 5.65. The standard InChI is InChI=1S/C14H21N3O2S/c1-10-15-16-13(20-10)17-4-12-6-19-9-14(12,7-17)8-18-5-11-2-3-11/h11-12H,2-9H2,1H3/t12-,14-/m1/s1. The van der Waals surface area contributed by atoms with Crippen molar-refractivity contribution < 1.29 is 9.47 Å². The Hall–Kier alpha value is -0.720. The van der Waals surface area contributed by atoms with Gasteiger partial charge in [0.25, 0.3) is 0 Å². The maximum Gasteiger partial charge on any atom is 0.208 e. The molecule has 0 radical (unpaired) electrons. The van der Waals surface area contributed by atoms with Crippen molar-refractivity contribution in [2.75, 3.05) is 44.4 Å². The minimum atomic E-state index is 0.175. The molecule has 0 unspecified atom stereocenters. The summed E-state index contributed by atoms with van der Waals surface area (Å²) in [6.45, 7) is 7.50. The van der Waals surface area contributed by atoms with E-state index in [-0.39, 0.29) is 5.41 Å².